The zero-order chi connectivity index (χ0) is 19.2. The lowest BCUT2D eigenvalue weighted by atomic mass is 10.1. The van der Waals surface area contributed by atoms with E-state index in [4.69, 9.17) is 11.6 Å². The first-order chi connectivity index (χ1) is 13.0. The number of hydrogen-bond donors (Lipinski definition) is 1. The quantitative estimate of drug-likeness (QED) is 0.522. The number of Topliss-reactive ketones (excluding diaryl/α,β-unsaturated/α-hetero) is 1. The molecule has 138 valence electrons. The van der Waals surface area contributed by atoms with Gasteiger partial charge in [0, 0.05) is 34.0 Å². The van der Waals surface area contributed by atoms with Gasteiger partial charge in [-0.1, -0.05) is 51.8 Å². The minimum absolute atomic E-state index is 0.0627. The Morgan fingerprint density at radius 1 is 1.00 bits per heavy atom. The van der Waals surface area contributed by atoms with Crippen molar-refractivity contribution in [1.82, 2.24) is 9.78 Å². The van der Waals surface area contributed by atoms with E-state index in [2.05, 4.69) is 26.3 Å². The van der Waals surface area contributed by atoms with E-state index < -0.39 is 0 Å². The number of anilines is 1. The number of aromatic nitrogens is 2. The molecule has 1 aromatic heterocycles. The largest absolute Gasteiger partial charge is 0.311 e. The van der Waals surface area contributed by atoms with E-state index in [0.29, 0.717) is 22.9 Å². The number of ketones is 1. The maximum Gasteiger partial charge on any atom is 0.225 e. The number of benzene rings is 2. The van der Waals surface area contributed by atoms with Crippen LogP contribution in [0.4, 0.5) is 5.82 Å². The van der Waals surface area contributed by atoms with Gasteiger partial charge in [-0.2, -0.15) is 5.10 Å². The predicted molar refractivity (Wildman–Crippen MR) is 109 cm³/mol. The summed E-state index contributed by atoms with van der Waals surface area (Å²) < 4.78 is 2.60. The molecule has 0 radical (unpaired) electrons. The lowest BCUT2D eigenvalue weighted by molar-refractivity contribution is -0.116. The lowest BCUT2D eigenvalue weighted by Gasteiger charge is -2.09. The summed E-state index contributed by atoms with van der Waals surface area (Å²) in [6.07, 6.45) is 1.89. The number of carbonyl (C=O) groups is 2. The van der Waals surface area contributed by atoms with Gasteiger partial charge < -0.3 is 5.32 Å². The van der Waals surface area contributed by atoms with Crippen molar-refractivity contribution in [3.63, 3.8) is 0 Å². The molecule has 0 saturated heterocycles. The smallest absolute Gasteiger partial charge is 0.225 e. The first kappa shape index (κ1) is 19.3. The van der Waals surface area contributed by atoms with E-state index in [0.717, 1.165) is 10.0 Å². The van der Waals surface area contributed by atoms with Gasteiger partial charge in [-0.05, 0) is 29.8 Å². The monoisotopic (exact) mass is 445 g/mol. The number of halogens is 2. The Kier molecular flexibility index (Phi) is 6.42. The average molecular weight is 447 g/mol. The van der Waals surface area contributed by atoms with E-state index >= 15 is 0 Å². The van der Waals surface area contributed by atoms with Gasteiger partial charge in [0.05, 0.1) is 12.7 Å². The van der Waals surface area contributed by atoms with Crippen molar-refractivity contribution in [2.45, 2.75) is 19.4 Å². The Bertz CT molecular complexity index is 937. The van der Waals surface area contributed by atoms with Crippen LogP contribution in [0.2, 0.25) is 5.02 Å². The molecule has 1 amide bonds. The molecule has 0 aliphatic rings. The van der Waals surface area contributed by atoms with Gasteiger partial charge >= 0.3 is 0 Å². The van der Waals surface area contributed by atoms with Gasteiger partial charge in [0.1, 0.15) is 5.82 Å². The van der Waals surface area contributed by atoms with Crippen LogP contribution >= 0.6 is 27.5 Å². The van der Waals surface area contributed by atoms with Crippen LogP contribution < -0.4 is 5.32 Å². The molecule has 5 nitrogen and oxygen atoms in total. The number of carbonyl (C=O) groups excluding carboxylic acids is 2. The van der Waals surface area contributed by atoms with Gasteiger partial charge in [0.25, 0.3) is 0 Å². The fraction of sp³-hybridized carbons (Fsp3) is 0.150. The van der Waals surface area contributed by atoms with Crippen LogP contribution in [0.1, 0.15) is 28.8 Å². The van der Waals surface area contributed by atoms with Gasteiger partial charge in [-0.15, -0.1) is 0 Å². The standard InChI is InChI=1S/C20H17BrClN3O2/c21-16-5-3-15(4-6-16)18(26)9-10-20(27)24-19-11-12-23-25(19)13-14-1-7-17(22)8-2-14/h1-8,11-12H,9-10,13H2,(H,24,27). The highest BCUT2D eigenvalue weighted by Crippen LogP contribution is 2.15. The topological polar surface area (TPSA) is 64.0 Å². The number of rotatable bonds is 7. The Morgan fingerprint density at radius 2 is 1.70 bits per heavy atom. The Hall–Kier alpha value is -2.44. The molecule has 0 spiro atoms. The molecule has 1 heterocycles. The second-order valence-corrected chi connectivity index (χ2v) is 7.33. The van der Waals surface area contributed by atoms with Crippen molar-refractivity contribution in [2.75, 3.05) is 5.32 Å². The average Bonchev–Trinajstić information content (AvgIpc) is 3.09. The van der Waals surface area contributed by atoms with Crippen LogP contribution in [0.5, 0.6) is 0 Å². The molecular weight excluding hydrogens is 430 g/mol. The van der Waals surface area contributed by atoms with Crippen molar-refractivity contribution in [1.29, 1.82) is 0 Å². The summed E-state index contributed by atoms with van der Waals surface area (Å²) in [7, 11) is 0. The summed E-state index contributed by atoms with van der Waals surface area (Å²) in [4.78, 5) is 24.4. The third-order valence-electron chi connectivity index (χ3n) is 3.97. The van der Waals surface area contributed by atoms with Crippen LogP contribution in [0.15, 0.2) is 65.3 Å². The fourth-order valence-corrected chi connectivity index (χ4v) is 2.93. The minimum atomic E-state index is -0.224. The summed E-state index contributed by atoms with van der Waals surface area (Å²) >= 11 is 9.23. The van der Waals surface area contributed by atoms with E-state index in [-0.39, 0.29) is 24.5 Å². The molecule has 7 heteroatoms. The highest BCUT2D eigenvalue weighted by atomic mass is 79.9. The van der Waals surface area contributed by atoms with Crippen LogP contribution in [-0.4, -0.2) is 21.5 Å². The third-order valence-corrected chi connectivity index (χ3v) is 4.76. The van der Waals surface area contributed by atoms with Crippen LogP contribution in [0.3, 0.4) is 0 Å². The Morgan fingerprint density at radius 3 is 2.41 bits per heavy atom. The van der Waals surface area contributed by atoms with Gasteiger partial charge in [0.2, 0.25) is 5.91 Å². The fourth-order valence-electron chi connectivity index (χ4n) is 2.54. The van der Waals surface area contributed by atoms with Gasteiger partial charge in [-0.3, -0.25) is 9.59 Å². The highest BCUT2D eigenvalue weighted by Gasteiger charge is 2.12. The van der Waals surface area contributed by atoms with Crippen molar-refractivity contribution < 1.29 is 9.59 Å². The first-order valence-corrected chi connectivity index (χ1v) is 9.53. The molecule has 3 aromatic rings. The molecule has 27 heavy (non-hydrogen) atoms. The van der Waals surface area contributed by atoms with E-state index in [1.807, 2.05) is 36.4 Å². The summed E-state index contributed by atoms with van der Waals surface area (Å²) in [5.74, 6) is 0.302. The third kappa shape index (κ3) is 5.52. The Labute approximate surface area is 170 Å². The first-order valence-electron chi connectivity index (χ1n) is 8.36. The summed E-state index contributed by atoms with van der Waals surface area (Å²) in [6.45, 7) is 0.512. The highest BCUT2D eigenvalue weighted by molar-refractivity contribution is 9.10. The molecule has 0 bridgehead atoms. The van der Waals surface area contributed by atoms with Crippen molar-refractivity contribution >= 4 is 45.0 Å². The predicted octanol–water partition coefficient (Wildman–Crippen LogP) is 4.95. The van der Waals surface area contributed by atoms with Crippen LogP contribution in [0, 0.1) is 0 Å². The van der Waals surface area contributed by atoms with Crippen molar-refractivity contribution in [2.24, 2.45) is 0 Å². The zero-order valence-corrected chi connectivity index (χ0v) is 16.7. The van der Waals surface area contributed by atoms with E-state index in [9.17, 15) is 9.59 Å². The maximum absolute atomic E-state index is 12.2. The van der Waals surface area contributed by atoms with Crippen LogP contribution in [0.25, 0.3) is 0 Å². The number of nitrogens with one attached hydrogen (secondary N) is 1. The molecule has 3 rings (SSSR count). The van der Waals surface area contributed by atoms with Gasteiger partial charge in [0.15, 0.2) is 5.78 Å². The molecular formula is C20H17BrClN3O2. The maximum atomic E-state index is 12.2. The molecule has 1 N–H and O–H groups in total. The number of amides is 1. The summed E-state index contributed by atoms with van der Waals surface area (Å²) in [5, 5.41) is 7.72. The summed E-state index contributed by atoms with van der Waals surface area (Å²) in [5.41, 5.74) is 1.61. The zero-order valence-electron chi connectivity index (χ0n) is 14.4. The van der Waals surface area contributed by atoms with Crippen molar-refractivity contribution in [3.8, 4) is 0 Å². The van der Waals surface area contributed by atoms with Crippen LogP contribution in [-0.2, 0) is 11.3 Å². The van der Waals surface area contributed by atoms with Gasteiger partial charge in [-0.25, -0.2) is 4.68 Å². The lowest BCUT2D eigenvalue weighted by Crippen LogP contribution is -2.17. The number of hydrogen-bond acceptors (Lipinski definition) is 3. The normalized spacial score (nSPS) is 10.6. The molecule has 0 fully saturated rings. The molecule has 0 saturated carbocycles. The minimum Gasteiger partial charge on any atom is -0.311 e. The summed E-state index contributed by atoms with van der Waals surface area (Å²) in [6, 6.07) is 16.3. The second kappa shape index (κ2) is 8.97. The molecule has 0 unspecified atom stereocenters. The van der Waals surface area contributed by atoms with E-state index in [1.165, 1.54) is 0 Å². The SMILES string of the molecule is O=C(CCC(=O)c1ccc(Br)cc1)Nc1ccnn1Cc1ccc(Cl)cc1. The molecule has 2 aromatic carbocycles. The van der Waals surface area contributed by atoms with E-state index in [1.54, 1.807) is 29.1 Å². The molecule has 0 aliphatic heterocycles. The van der Waals surface area contributed by atoms with Crippen molar-refractivity contribution in [3.05, 3.63) is 81.4 Å². The molecule has 0 aliphatic carbocycles. The number of nitrogens with zero attached hydrogens (tertiary/aromatic N) is 2. The Balaban J connectivity index is 1.55. The second-order valence-electron chi connectivity index (χ2n) is 5.98. The molecule has 0 atom stereocenters.